The van der Waals surface area contributed by atoms with E-state index in [0.717, 1.165) is 0 Å². The smallest absolute Gasteiger partial charge is 0.281 e. The van der Waals surface area contributed by atoms with Crippen molar-refractivity contribution in [2.45, 2.75) is 5.03 Å². The minimum absolute atomic E-state index is 0.0485. The number of nitrogen functional groups attached to an aromatic ring is 1. The maximum Gasteiger partial charge on any atom is 0.281 e. The van der Waals surface area contributed by atoms with Gasteiger partial charge in [0.2, 0.25) is 5.03 Å². The summed E-state index contributed by atoms with van der Waals surface area (Å²) in [5.74, 6) is -0.0485. The van der Waals surface area contributed by atoms with Crippen molar-refractivity contribution < 1.29 is 8.42 Å². The molecule has 0 spiro atoms. The van der Waals surface area contributed by atoms with Crippen molar-refractivity contribution in [2.24, 2.45) is 0 Å². The molecule has 0 aliphatic carbocycles. The summed E-state index contributed by atoms with van der Waals surface area (Å²) in [6.07, 6.45) is 4.56. The second-order valence-electron chi connectivity index (χ2n) is 4.08. The lowest BCUT2D eigenvalue weighted by molar-refractivity contribution is 0.597. The van der Waals surface area contributed by atoms with Crippen LogP contribution in [0.1, 0.15) is 0 Å². The van der Waals surface area contributed by atoms with Crippen molar-refractivity contribution in [3.63, 3.8) is 0 Å². The van der Waals surface area contributed by atoms with Crippen molar-refractivity contribution in [3.05, 3.63) is 48.9 Å². The molecule has 20 heavy (non-hydrogen) atoms. The lowest BCUT2D eigenvalue weighted by atomic mass is 10.4. The Balaban J connectivity index is 2.12. The van der Waals surface area contributed by atoms with Gasteiger partial charge < -0.3 is 5.73 Å². The van der Waals surface area contributed by atoms with Gasteiger partial charge in [-0.25, -0.2) is 4.98 Å². The Hall–Kier alpha value is -2.61. The third kappa shape index (κ3) is 2.05. The Kier molecular flexibility index (Phi) is 2.79. The summed E-state index contributed by atoms with van der Waals surface area (Å²) >= 11 is 0. The van der Waals surface area contributed by atoms with E-state index in [1.807, 2.05) is 0 Å². The molecule has 8 heteroatoms. The quantitative estimate of drug-likeness (QED) is 0.752. The van der Waals surface area contributed by atoms with Crippen LogP contribution in [0.15, 0.2) is 53.9 Å². The van der Waals surface area contributed by atoms with Gasteiger partial charge in [0.05, 0.1) is 11.9 Å². The van der Waals surface area contributed by atoms with Crippen LogP contribution in [0.2, 0.25) is 0 Å². The molecule has 0 bridgehead atoms. The van der Waals surface area contributed by atoms with Crippen LogP contribution in [0, 0.1) is 0 Å². The highest BCUT2D eigenvalue weighted by molar-refractivity contribution is 7.92. The zero-order valence-corrected chi connectivity index (χ0v) is 11.1. The fourth-order valence-electron chi connectivity index (χ4n) is 1.89. The summed E-state index contributed by atoms with van der Waals surface area (Å²) in [6.45, 7) is 0. The molecule has 3 aromatic rings. The molecule has 3 N–H and O–H groups in total. The molecule has 0 aliphatic rings. The van der Waals surface area contributed by atoms with E-state index in [4.69, 9.17) is 5.73 Å². The highest BCUT2D eigenvalue weighted by atomic mass is 32.2. The molecule has 0 saturated heterocycles. The number of fused-ring (bicyclic) bond motifs is 1. The SMILES string of the molecule is Nc1nc2ccccn2c1S(=O)(=O)Nc1cccnc1. The number of nitrogens with zero attached hydrogens (tertiary/aromatic N) is 3. The Morgan fingerprint density at radius 3 is 2.80 bits per heavy atom. The molecule has 7 nitrogen and oxygen atoms in total. The number of hydrogen-bond acceptors (Lipinski definition) is 5. The average Bonchev–Trinajstić information content (AvgIpc) is 2.75. The van der Waals surface area contributed by atoms with E-state index in [1.165, 1.54) is 10.6 Å². The maximum atomic E-state index is 12.4. The number of hydrogen-bond donors (Lipinski definition) is 2. The Labute approximate surface area is 115 Å². The standard InChI is InChI=1S/C12H11N5O2S/c13-11-12(17-7-2-1-5-10(17)15-11)20(18,19)16-9-4-3-6-14-8-9/h1-8,16H,13H2. The van der Waals surface area contributed by atoms with Crippen LogP contribution in [0.5, 0.6) is 0 Å². The molecule has 3 heterocycles. The van der Waals surface area contributed by atoms with E-state index < -0.39 is 10.0 Å². The van der Waals surface area contributed by atoms with Gasteiger partial charge >= 0.3 is 0 Å². The summed E-state index contributed by atoms with van der Waals surface area (Å²) in [5.41, 5.74) is 6.55. The number of pyridine rings is 2. The molecule has 0 atom stereocenters. The van der Waals surface area contributed by atoms with E-state index in [-0.39, 0.29) is 10.8 Å². The Morgan fingerprint density at radius 1 is 1.20 bits per heavy atom. The van der Waals surface area contributed by atoms with E-state index in [0.29, 0.717) is 11.3 Å². The first kappa shape index (κ1) is 12.4. The molecule has 3 aromatic heterocycles. The van der Waals surface area contributed by atoms with Crippen LogP contribution in [0.25, 0.3) is 5.65 Å². The second kappa shape index (κ2) is 4.49. The first-order valence-electron chi connectivity index (χ1n) is 5.73. The summed E-state index contributed by atoms with van der Waals surface area (Å²) in [6, 6.07) is 8.38. The van der Waals surface area contributed by atoms with Gasteiger partial charge in [0, 0.05) is 12.4 Å². The summed E-state index contributed by atoms with van der Waals surface area (Å²) in [7, 11) is -3.84. The predicted octanol–water partition coefficient (Wildman–Crippen LogP) is 1.11. The molecule has 102 valence electrons. The van der Waals surface area contributed by atoms with Gasteiger partial charge in [0.15, 0.2) is 5.82 Å². The normalized spacial score (nSPS) is 11.6. The van der Waals surface area contributed by atoms with Crippen LogP contribution >= 0.6 is 0 Å². The molecule has 0 saturated carbocycles. The highest BCUT2D eigenvalue weighted by Gasteiger charge is 2.23. The summed E-state index contributed by atoms with van der Waals surface area (Å²) in [4.78, 5) is 7.88. The lowest BCUT2D eigenvalue weighted by Gasteiger charge is -2.07. The minimum atomic E-state index is -3.84. The summed E-state index contributed by atoms with van der Waals surface area (Å²) < 4.78 is 28.7. The first-order chi connectivity index (χ1) is 9.58. The monoisotopic (exact) mass is 289 g/mol. The van der Waals surface area contributed by atoms with E-state index >= 15 is 0 Å². The van der Waals surface area contributed by atoms with Gasteiger partial charge in [-0.05, 0) is 24.3 Å². The van der Waals surface area contributed by atoms with Crippen LogP contribution in [-0.2, 0) is 10.0 Å². The molecule has 0 aliphatic heterocycles. The number of rotatable bonds is 3. The third-order valence-electron chi connectivity index (χ3n) is 2.68. The largest absolute Gasteiger partial charge is 0.381 e. The van der Waals surface area contributed by atoms with Gasteiger partial charge in [0.25, 0.3) is 10.0 Å². The molecule has 0 radical (unpaired) electrons. The van der Waals surface area contributed by atoms with E-state index in [1.54, 1.807) is 42.7 Å². The molecule has 0 aromatic carbocycles. The maximum absolute atomic E-state index is 12.4. The van der Waals surface area contributed by atoms with E-state index in [9.17, 15) is 8.42 Å². The van der Waals surface area contributed by atoms with Gasteiger partial charge in [-0.2, -0.15) is 8.42 Å². The van der Waals surface area contributed by atoms with Crippen molar-refractivity contribution in [1.82, 2.24) is 14.4 Å². The molecule has 0 fully saturated rings. The van der Waals surface area contributed by atoms with Crippen molar-refractivity contribution in [1.29, 1.82) is 0 Å². The fourth-order valence-corrected chi connectivity index (χ4v) is 3.15. The van der Waals surface area contributed by atoms with Gasteiger partial charge in [0.1, 0.15) is 5.65 Å². The van der Waals surface area contributed by atoms with Crippen LogP contribution < -0.4 is 10.5 Å². The Morgan fingerprint density at radius 2 is 2.05 bits per heavy atom. The Bertz CT molecular complexity index is 858. The number of sulfonamides is 1. The molecular formula is C12H11N5O2S. The van der Waals surface area contributed by atoms with Gasteiger partial charge in [-0.1, -0.05) is 6.07 Å². The van der Waals surface area contributed by atoms with Crippen LogP contribution in [-0.4, -0.2) is 22.8 Å². The average molecular weight is 289 g/mol. The number of aromatic nitrogens is 3. The number of nitrogens with one attached hydrogen (secondary N) is 1. The molecule has 0 amide bonds. The van der Waals surface area contributed by atoms with Crippen LogP contribution in [0.4, 0.5) is 11.5 Å². The first-order valence-corrected chi connectivity index (χ1v) is 7.22. The molecule has 3 rings (SSSR count). The predicted molar refractivity (Wildman–Crippen MR) is 74.6 cm³/mol. The van der Waals surface area contributed by atoms with Gasteiger partial charge in [-0.3, -0.25) is 14.1 Å². The zero-order valence-electron chi connectivity index (χ0n) is 10.3. The van der Waals surface area contributed by atoms with E-state index in [2.05, 4.69) is 14.7 Å². The minimum Gasteiger partial charge on any atom is -0.381 e. The van der Waals surface area contributed by atoms with Crippen molar-refractivity contribution in [2.75, 3.05) is 10.5 Å². The second-order valence-corrected chi connectivity index (χ2v) is 5.68. The number of nitrogens with two attached hydrogens (primary N) is 1. The number of imidazole rings is 1. The summed E-state index contributed by atoms with van der Waals surface area (Å²) in [5, 5.41) is -0.0862. The molecular weight excluding hydrogens is 278 g/mol. The van der Waals surface area contributed by atoms with Crippen molar-refractivity contribution >= 4 is 27.2 Å². The zero-order chi connectivity index (χ0) is 14.2. The topological polar surface area (TPSA) is 102 Å². The number of anilines is 2. The van der Waals surface area contributed by atoms with Gasteiger partial charge in [-0.15, -0.1) is 0 Å². The fraction of sp³-hybridized carbons (Fsp3) is 0. The molecule has 0 unspecified atom stereocenters. The lowest BCUT2D eigenvalue weighted by Crippen LogP contribution is -2.16. The van der Waals surface area contributed by atoms with Crippen LogP contribution in [0.3, 0.4) is 0 Å². The third-order valence-corrected chi connectivity index (χ3v) is 4.10. The highest BCUT2D eigenvalue weighted by Crippen LogP contribution is 2.22. The van der Waals surface area contributed by atoms with Crippen molar-refractivity contribution in [3.8, 4) is 0 Å².